The topological polar surface area (TPSA) is 52.6 Å². The summed E-state index contributed by atoms with van der Waals surface area (Å²) in [6.07, 6.45) is 3.73. The number of rotatable bonds is 9. The molecule has 2 aromatic rings. The molecule has 0 spiro atoms. The second kappa shape index (κ2) is 10.5. The fourth-order valence-electron chi connectivity index (χ4n) is 2.53. The van der Waals surface area contributed by atoms with Crippen LogP contribution in [0.3, 0.4) is 0 Å². The number of halogens is 3. The summed E-state index contributed by atoms with van der Waals surface area (Å²) in [5, 5.41) is 0. The first kappa shape index (κ1) is 21.5. The Balaban J connectivity index is 2.04. The van der Waals surface area contributed by atoms with Crippen molar-refractivity contribution in [2.45, 2.75) is 39.2 Å². The van der Waals surface area contributed by atoms with E-state index in [4.69, 9.17) is 9.47 Å². The highest BCUT2D eigenvalue weighted by atomic mass is 19.2. The molecule has 28 heavy (non-hydrogen) atoms. The van der Waals surface area contributed by atoms with E-state index in [0.717, 1.165) is 25.3 Å². The Bertz CT molecular complexity index is 836. The summed E-state index contributed by atoms with van der Waals surface area (Å²) >= 11 is 0. The van der Waals surface area contributed by atoms with Gasteiger partial charge in [0.1, 0.15) is 12.4 Å². The summed E-state index contributed by atoms with van der Waals surface area (Å²) in [6.45, 7) is 1.48. The van der Waals surface area contributed by atoms with Crippen LogP contribution in [-0.4, -0.2) is 18.5 Å². The largest absolute Gasteiger partial charge is 0.462 e. The number of hydrogen-bond acceptors (Lipinski definition) is 4. The standard InChI is InChI=1S/C21H21F3O4/c1-2-3-4-7-12-27-20(25)14-8-5-6-9-15(14)21(26)28-13-16-17(22)10-11-18(23)19(16)24/h5-6,8-11H,2-4,7,12-13H2,1H3. The van der Waals surface area contributed by atoms with Crippen LogP contribution >= 0.6 is 0 Å². The molecule has 0 amide bonds. The van der Waals surface area contributed by atoms with Crippen LogP contribution < -0.4 is 0 Å². The zero-order valence-corrected chi connectivity index (χ0v) is 15.5. The van der Waals surface area contributed by atoms with Crippen molar-refractivity contribution >= 4 is 11.9 Å². The van der Waals surface area contributed by atoms with Crippen LogP contribution in [0.2, 0.25) is 0 Å². The van der Waals surface area contributed by atoms with Gasteiger partial charge in [-0.2, -0.15) is 0 Å². The first-order chi connectivity index (χ1) is 13.5. The molecule has 0 aromatic heterocycles. The third-order valence-electron chi connectivity index (χ3n) is 4.08. The fourth-order valence-corrected chi connectivity index (χ4v) is 2.53. The van der Waals surface area contributed by atoms with Crippen LogP contribution in [0.5, 0.6) is 0 Å². The predicted molar refractivity (Wildman–Crippen MR) is 96.3 cm³/mol. The number of benzene rings is 2. The van der Waals surface area contributed by atoms with Crippen molar-refractivity contribution in [1.82, 2.24) is 0 Å². The molecule has 7 heteroatoms. The third kappa shape index (κ3) is 5.58. The number of carbonyl (C=O) groups is 2. The summed E-state index contributed by atoms with van der Waals surface area (Å²) in [5.41, 5.74) is -0.814. The molecule has 0 N–H and O–H groups in total. The van der Waals surface area contributed by atoms with Gasteiger partial charge in [0.2, 0.25) is 0 Å². The number of ether oxygens (including phenoxy) is 2. The number of unbranched alkanes of at least 4 members (excludes halogenated alkanes) is 3. The second-order valence-electron chi connectivity index (χ2n) is 6.14. The summed E-state index contributed by atoms with van der Waals surface area (Å²) in [4.78, 5) is 24.5. The van der Waals surface area contributed by atoms with E-state index < -0.39 is 41.6 Å². The first-order valence-electron chi connectivity index (χ1n) is 9.01. The van der Waals surface area contributed by atoms with Crippen LogP contribution in [0.4, 0.5) is 13.2 Å². The van der Waals surface area contributed by atoms with Gasteiger partial charge in [-0.05, 0) is 30.7 Å². The first-order valence-corrected chi connectivity index (χ1v) is 9.01. The van der Waals surface area contributed by atoms with Crippen molar-refractivity contribution in [3.8, 4) is 0 Å². The van der Waals surface area contributed by atoms with E-state index in [1.807, 2.05) is 0 Å². The fraction of sp³-hybridized carbons (Fsp3) is 0.333. The smallest absolute Gasteiger partial charge is 0.339 e. The van der Waals surface area contributed by atoms with Crippen molar-refractivity contribution in [2.75, 3.05) is 6.61 Å². The maximum absolute atomic E-state index is 13.7. The molecule has 4 nitrogen and oxygen atoms in total. The Morgan fingerprint density at radius 3 is 2.07 bits per heavy atom. The van der Waals surface area contributed by atoms with Gasteiger partial charge < -0.3 is 9.47 Å². The lowest BCUT2D eigenvalue weighted by Gasteiger charge is -2.11. The van der Waals surface area contributed by atoms with E-state index in [0.29, 0.717) is 12.5 Å². The molecule has 0 aliphatic carbocycles. The molecular formula is C21H21F3O4. The average molecular weight is 394 g/mol. The van der Waals surface area contributed by atoms with Gasteiger partial charge in [0.05, 0.1) is 23.3 Å². The van der Waals surface area contributed by atoms with Gasteiger partial charge in [0.15, 0.2) is 11.6 Å². The lowest BCUT2D eigenvalue weighted by Crippen LogP contribution is -2.15. The number of carbonyl (C=O) groups excluding carboxylic acids is 2. The molecule has 0 saturated heterocycles. The monoisotopic (exact) mass is 394 g/mol. The van der Waals surface area contributed by atoms with Crippen LogP contribution in [0.25, 0.3) is 0 Å². The van der Waals surface area contributed by atoms with Crippen molar-refractivity contribution in [1.29, 1.82) is 0 Å². The van der Waals surface area contributed by atoms with Gasteiger partial charge in [0, 0.05) is 0 Å². The van der Waals surface area contributed by atoms with Gasteiger partial charge in [-0.25, -0.2) is 22.8 Å². The lowest BCUT2D eigenvalue weighted by atomic mass is 10.1. The summed E-state index contributed by atoms with van der Waals surface area (Å²) in [5.74, 6) is -5.37. The molecule has 2 aromatic carbocycles. The molecule has 0 saturated carbocycles. The van der Waals surface area contributed by atoms with Crippen LogP contribution in [-0.2, 0) is 16.1 Å². The van der Waals surface area contributed by atoms with E-state index in [1.54, 1.807) is 6.07 Å². The van der Waals surface area contributed by atoms with E-state index in [2.05, 4.69) is 6.92 Å². The minimum absolute atomic E-state index is 0.0109. The van der Waals surface area contributed by atoms with Gasteiger partial charge in [0.25, 0.3) is 0 Å². The zero-order chi connectivity index (χ0) is 20.5. The van der Waals surface area contributed by atoms with Crippen LogP contribution in [0, 0.1) is 17.5 Å². The molecule has 0 aliphatic heterocycles. The molecule has 150 valence electrons. The van der Waals surface area contributed by atoms with E-state index >= 15 is 0 Å². The summed E-state index contributed by atoms with van der Waals surface area (Å²) < 4.78 is 50.6. The molecule has 0 unspecified atom stereocenters. The van der Waals surface area contributed by atoms with Crippen LogP contribution in [0.15, 0.2) is 36.4 Å². The van der Waals surface area contributed by atoms with Crippen molar-refractivity contribution in [2.24, 2.45) is 0 Å². The molecule has 0 aliphatic rings. The Morgan fingerprint density at radius 2 is 1.43 bits per heavy atom. The van der Waals surface area contributed by atoms with Crippen LogP contribution in [0.1, 0.15) is 58.9 Å². The molecular weight excluding hydrogens is 373 g/mol. The Morgan fingerprint density at radius 1 is 0.821 bits per heavy atom. The quantitative estimate of drug-likeness (QED) is 0.333. The maximum Gasteiger partial charge on any atom is 0.339 e. The lowest BCUT2D eigenvalue weighted by molar-refractivity contribution is 0.0430. The Hall–Kier alpha value is -2.83. The highest BCUT2D eigenvalue weighted by Gasteiger charge is 2.21. The molecule has 0 fully saturated rings. The minimum Gasteiger partial charge on any atom is -0.462 e. The van der Waals surface area contributed by atoms with Gasteiger partial charge >= 0.3 is 11.9 Å². The summed E-state index contributed by atoms with van der Waals surface area (Å²) in [7, 11) is 0. The Labute approximate surface area is 161 Å². The number of esters is 2. The van der Waals surface area contributed by atoms with E-state index in [9.17, 15) is 22.8 Å². The average Bonchev–Trinajstić information content (AvgIpc) is 2.70. The SMILES string of the molecule is CCCCCCOC(=O)c1ccccc1C(=O)OCc1c(F)ccc(F)c1F. The van der Waals surface area contributed by atoms with Crippen molar-refractivity contribution in [3.63, 3.8) is 0 Å². The van der Waals surface area contributed by atoms with Gasteiger partial charge in [-0.15, -0.1) is 0 Å². The Kier molecular flexibility index (Phi) is 8.04. The normalized spacial score (nSPS) is 10.6. The molecule has 0 bridgehead atoms. The van der Waals surface area contributed by atoms with E-state index in [1.165, 1.54) is 18.2 Å². The second-order valence-corrected chi connectivity index (χ2v) is 6.14. The van der Waals surface area contributed by atoms with Crippen molar-refractivity contribution < 1.29 is 32.2 Å². The highest BCUT2D eigenvalue weighted by Crippen LogP contribution is 2.19. The molecule has 0 radical (unpaired) electrons. The summed E-state index contributed by atoms with van der Waals surface area (Å²) in [6, 6.07) is 7.18. The minimum atomic E-state index is -1.42. The number of hydrogen-bond donors (Lipinski definition) is 0. The van der Waals surface area contributed by atoms with Gasteiger partial charge in [-0.1, -0.05) is 38.3 Å². The molecule has 0 heterocycles. The van der Waals surface area contributed by atoms with E-state index in [-0.39, 0.29) is 17.7 Å². The zero-order valence-electron chi connectivity index (χ0n) is 15.5. The molecule has 0 atom stereocenters. The maximum atomic E-state index is 13.7. The van der Waals surface area contributed by atoms with Crippen molar-refractivity contribution in [3.05, 3.63) is 70.5 Å². The highest BCUT2D eigenvalue weighted by molar-refractivity contribution is 6.03. The molecule has 2 rings (SSSR count). The third-order valence-corrected chi connectivity index (χ3v) is 4.08. The predicted octanol–water partition coefficient (Wildman–Crippen LogP) is 5.20. The van der Waals surface area contributed by atoms with Gasteiger partial charge in [-0.3, -0.25) is 0 Å².